The molecule has 0 atom stereocenters. The first-order valence-corrected chi connectivity index (χ1v) is 10.00. The van der Waals surface area contributed by atoms with Gasteiger partial charge in [-0.05, 0) is 45.2 Å². The van der Waals surface area contributed by atoms with Crippen LogP contribution in [0.5, 0.6) is 0 Å². The minimum Gasteiger partial charge on any atom is -0.402 e. The van der Waals surface area contributed by atoms with E-state index in [9.17, 15) is 0 Å². The first-order chi connectivity index (χ1) is 13.3. The number of rotatable bonds is 8. The predicted molar refractivity (Wildman–Crippen MR) is 119 cm³/mol. The van der Waals surface area contributed by atoms with Crippen LogP contribution in [0.4, 0.5) is 11.6 Å². The van der Waals surface area contributed by atoms with E-state index in [1.165, 1.54) is 0 Å². The van der Waals surface area contributed by atoms with Crippen LogP contribution in [0.2, 0.25) is 0 Å². The highest BCUT2D eigenvalue weighted by atomic mass is 15.2. The lowest BCUT2D eigenvalue weighted by molar-refractivity contribution is 0.730. The predicted octanol–water partition coefficient (Wildman–Crippen LogP) is 3.92. The zero-order chi connectivity index (χ0) is 20.8. The maximum Gasteiger partial charge on any atom is 0.164 e. The van der Waals surface area contributed by atoms with Gasteiger partial charge in [0.1, 0.15) is 11.6 Å². The van der Waals surface area contributed by atoms with E-state index in [1.807, 2.05) is 39.0 Å². The standard InChI is InChI=1S/C22H34N6/c1-8-10-28(11-9-2)20-13-16(4)25-22(26-20)21(17(5)23)18-14-24-19(27(6)7)12-15(18)3/h12-14H,8-11,23H2,1-7H3. The fraction of sp³-hybridized carbons (Fsp3) is 0.500. The SMILES string of the molecule is CCCN(CCC)c1cc(C)nc(C(=C(C)N)c2cnc(N(C)C)cc2C)n1. The van der Waals surface area contributed by atoms with Crippen molar-refractivity contribution in [2.75, 3.05) is 37.0 Å². The van der Waals surface area contributed by atoms with Gasteiger partial charge in [0, 0.05) is 62.0 Å². The summed E-state index contributed by atoms with van der Waals surface area (Å²) in [7, 11) is 3.97. The number of nitrogens with two attached hydrogens (primary N) is 1. The van der Waals surface area contributed by atoms with Crippen LogP contribution in [0.1, 0.15) is 56.3 Å². The Morgan fingerprint density at radius 3 is 2.14 bits per heavy atom. The molecule has 0 amide bonds. The van der Waals surface area contributed by atoms with Gasteiger partial charge in [0.15, 0.2) is 5.82 Å². The van der Waals surface area contributed by atoms with Crippen LogP contribution in [-0.2, 0) is 0 Å². The van der Waals surface area contributed by atoms with Gasteiger partial charge in [0.25, 0.3) is 0 Å². The third-order valence-electron chi connectivity index (χ3n) is 4.59. The first kappa shape index (κ1) is 21.7. The van der Waals surface area contributed by atoms with Crippen LogP contribution < -0.4 is 15.5 Å². The van der Waals surface area contributed by atoms with Gasteiger partial charge >= 0.3 is 0 Å². The summed E-state index contributed by atoms with van der Waals surface area (Å²) >= 11 is 0. The molecular weight excluding hydrogens is 348 g/mol. The number of nitrogens with zero attached hydrogens (tertiary/aromatic N) is 5. The first-order valence-electron chi connectivity index (χ1n) is 10.00. The average Bonchev–Trinajstić information content (AvgIpc) is 2.62. The maximum absolute atomic E-state index is 6.31. The van der Waals surface area contributed by atoms with Crippen LogP contribution in [0.3, 0.4) is 0 Å². The molecule has 0 aliphatic heterocycles. The van der Waals surface area contributed by atoms with Gasteiger partial charge in [-0.3, -0.25) is 0 Å². The summed E-state index contributed by atoms with van der Waals surface area (Å²) in [5.41, 5.74) is 10.9. The Balaban J connectivity index is 2.58. The lowest BCUT2D eigenvalue weighted by Gasteiger charge is -2.24. The van der Waals surface area contributed by atoms with Crippen molar-refractivity contribution in [1.29, 1.82) is 0 Å². The maximum atomic E-state index is 6.31. The Kier molecular flexibility index (Phi) is 7.38. The molecule has 0 fully saturated rings. The van der Waals surface area contributed by atoms with Crippen LogP contribution in [0, 0.1) is 13.8 Å². The van der Waals surface area contributed by atoms with Gasteiger partial charge in [0.05, 0.1) is 0 Å². The van der Waals surface area contributed by atoms with Gasteiger partial charge in [-0.25, -0.2) is 15.0 Å². The van der Waals surface area contributed by atoms with Crippen molar-refractivity contribution in [3.63, 3.8) is 0 Å². The van der Waals surface area contributed by atoms with Gasteiger partial charge in [-0.2, -0.15) is 0 Å². The Morgan fingerprint density at radius 2 is 1.64 bits per heavy atom. The molecule has 0 spiro atoms. The number of aromatic nitrogens is 3. The number of allylic oxidation sites excluding steroid dienone is 1. The van der Waals surface area contributed by atoms with E-state index < -0.39 is 0 Å². The normalized spacial score (nSPS) is 12.0. The highest BCUT2D eigenvalue weighted by molar-refractivity contribution is 5.80. The molecule has 0 aromatic carbocycles. The van der Waals surface area contributed by atoms with Gasteiger partial charge < -0.3 is 15.5 Å². The van der Waals surface area contributed by atoms with Crippen molar-refractivity contribution in [1.82, 2.24) is 15.0 Å². The van der Waals surface area contributed by atoms with Crippen molar-refractivity contribution in [2.45, 2.75) is 47.5 Å². The lowest BCUT2D eigenvalue weighted by Crippen LogP contribution is -2.26. The Labute approximate surface area is 169 Å². The minimum atomic E-state index is 0.662. The van der Waals surface area contributed by atoms with Crippen molar-refractivity contribution in [2.24, 2.45) is 5.73 Å². The van der Waals surface area contributed by atoms with Crippen LogP contribution in [-0.4, -0.2) is 42.1 Å². The smallest absolute Gasteiger partial charge is 0.164 e. The monoisotopic (exact) mass is 382 g/mol. The molecule has 0 saturated heterocycles. The van der Waals surface area contributed by atoms with Gasteiger partial charge in [-0.1, -0.05) is 13.8 Å². The van der Waals surface area contributed by atoms with E-state index in [0.717, 1.165) is 60.0 Å². The van der Waals surface area contributed by atoms with E-state index in [4.69, 9.17) is 15.7 Å². The highest BCUT2D eigenvalue weighted by Gasteiger charge is 2.18. The second kappa shape index (κ2) is 9.53. The largest absolute Gasteiger partial charge is 0.402 e. The van der Waals surface area contributed by atoms with Crippen LogP contribution in [0.15, 0.2) is 24.0 Å². The molecule has 2 rings (SSSR count). The number of aryl methyl sites for hydroxylation is 2. The van der Waals surface area contributed by atoms with Crippen molar-refractivity contribution in [3.05, 3.63) is 46.7 Å². The third kappa shape index (κ3) is 5.00. The van der Waals surface area contributed by atoms with Crippen molar-refractivity contribution in [3.8, 4) is 0 Å². The third-order valence-corrected chi connectivity index (χ3v) is 4.59. The molecule has 152 valence electrons. The average molecular weight is 383 g/mol. The molecule has 28 heavy (non-hydrogen) atoms. The number of hydrogen-bond donors (Lipinski definition) is 1. The van der Waals surface area contributed by atoms with E-state index in [0.29, 0.717) is 11.5 Å². The molecule has 2 heterocycles. The zero-order valence-electron chi connectivity index (χ0n) is 18.4. The summed E-state index contributed by atoms with van der Waals surface area (Å²) in [4.78, 5) is 18.5. The molecule has 0 aliphatic rings. The molecular formula is C22H34N6. The minimum absolute atomic E-state index is 0.662. The Hall–Kier alpha value is -2.63. The summed E-state index contributed by atoms with van der Waals surface area (Å²) in [6.45, 7) is 12.3. The number of pyridine rings is 1. The summed E-state index contributed by atoms with van der Waals surface area (Å²) in [5.74, 6) is 2.54. The molecule has 6 heteroatoms. The highest BCUT2D eigenvalue weighted by Crippen LogP contribution is 2.28. The van der Waals surface area contributed by atoms with Gasteiger partial charge in [0.2, 0.25) is 0 Å². The van der Waals surface area contributed by atoms with E-state index >= 15 is 0 Å². The summed E-state index contributed by atoms with van der Waals surface area (Å²) in [5, 5.41) is 0. The van der Waals surface area contributed by atoms with E-state index in [-0.39, 0.29) is 0 Å². The molecule has 0 bridgehead atoms. The van der Waals surface area contributed by atoms with E-state index in [2.05, 4.69) is 42.8 Å². The van der Waals surface area contributed by atoms with Crippen LogP contribution in [0.25, 0.3) is 5.57 Å². The van der Waals surface area contributed by atoms with Crippen LogP contribution >= 0.6 is 0 Å². The van der Waals surface area contributed by atoms with Gasteiger partial charge in [-0.15, -0.1) is 0 Å². The quantitative estimate of drug-likeness (QED) is 0.746. The fourth-order valence-corrected chi connectivity index (χ4v) is 3.26. The number of anilines is 2. The molecule has 2 aromatic rings. The Bertz CT molecular complexity index is 831. The van der Waals surface area contributed by atoms with E-state index in [1.54, 1.807) is 0 Å². The molecule has 6 nitrogen and oxygen atoms in total. The molecule has 0 unspecified atom stereocenters. The molecule has 2 aromatic heterocycles. The molecule has 0 aliphatic carbocycles. The van der Waals surface area contributed by atoms with Crippen molar-refractivity contribution >= 4 is 17.2 Å². The molecule has 0 radical (unpaired) electrons. The summed E-state index contributed by atoms with van der Waals surface area (Å²) < 4.78 is 0. The molecule has 2 N–H and O–H groups in total. The Morgan fingerprint density at radius 1 is 1.00 bits per heavy atom. The zero-order valence-corrected chi connectivity index (χ0v) is 18.4. The summed E-state index contributed by atoms with van der Waals surface area (Å²) in [6, 6.07) is 4.12. The summed E-state index contributed by atoms with van der Waals surface area (Å²) in [6.07, 6.45) is 4.02. The molecule has 0 saturated carbocycles. The second-order valence-electron chi connectivity index (χ2n) is 7.49. The van der Waals surface area contributed by atoms with Crippen molar-refractivity contribution < 1.29 is 0 Å². The second-order valence-corrected chi connectivity index (χ2v) is 7.49. The topological polar surface area (TPSA) is 71.2 Å². The number of hydrogen-bond acceptors (Lipinski definition) is 6. The fourth-order valence-electron chi connectivity index (χ4n) is 3.26. The lowest BCUT2D eigenvalue weighted by atomic mass is 10.00.